The van der Waals surface area contributed by atoms with Crippen LogP contribution in [0.2, 0.25) is 0 Å². The van der Waals surface area contributed by atoms with E-state index in [1.807, 2.05) is 18.2 Å². The van der Waals surface area contributed by atoms with E-state index >= 15 is 0 Å². The second-order valence-electron chi connectivity index (χ2n) is 7.12. The van der Waals surface area contributed by atoms with Gasteiger partial charge in [-0.05, 0) is 43.7 Å². The molecule has 2 aromatic carbocycles. The van der Waals surface area contributed by atoms with Crippen molar-refractivity contribution in [1.29, 1.82) is 0 Å². The van der Waals surface area contributed by atoms with Crippen LogP contribution in [0.3, 0.4) is 0 Å². The first kappa shape index (κ1) is 21.6. The zero-order chi connectivity index (χ0) is 21.5. The van der Waals surface area contributed by atoms with E-state index in [0.717, 1.165) is 25.3 Å². The number of aryl methyl sites for hydroxylation is 1. The van der Waals surface area contributed by atoms with Crippen LogP contribution in [0.15, 0.2) is 41.2 Å². The Balaban J connectivity index is 1.65. The molecule has 0 saturated carbocycles. The minimum Gasteiger partial charge on any atom is -0.494 e. The monoisotopic (exact) mass is 411 g/mol. The number of nitrogens with zero attached hydrogens (tertiary/aromatic N) is 2. The van der Waals surface area contributed by atoms with Crippen molar-refractivity contribution in [3.05, 3.63) is 58.1 Å². The van der Waals surface area contributed by atoms with Gasteiger partial charge in [0.05, 0.1) is 38.3 Å². The van der Waals surface area contributed by atoms with E-state index in [4.69, 9.17) is 14.2 Å². The highest BCUT2D eigenvalue weighted by molar-refractivity contribution is 5.81. The fourth-order valence-electron chi connectivity index (χ4n) is 3.33. The molecule has 0 saturated heterocycles. The first-order valence-corrected chi connectivity index (χ1v) is 10.1. The molecule has 0 atom stereocenters. The molecule has 1 heterocycles. The molecule has 7 nitrogen and oxygen atoms in total. The predicted molar refractivity (Wildman–Crippen MR) is 118 cm³/mol. The first-order valence-electron chi connectivity index (χ1n) is 10.1. The third kappa shape index (κ3) is 5.30. The van der Waals surface area contributed by atoms with E-state index in [0.29, 0.717) is 41.4 Å². The Labute approximate surface area is 176 Å². The van der Waals surface area contributed by atoms with Gasteiger partial charge in [-0.15, -0.1) is 0 Å². The molecule has 3 aromatic rings. The van der Waals surface area contributed by atoms with Crippen molar-refractivity contribution in [2.24, 2.45) is 0 Å². The van der Waals surface area contributed by atoms with Crippen LogP contribution in [0.4, 0.5) is 0 Å². The summed E-state index contributed by atoms with van der Waals surface area (Å²) in [5.41, 5.74) is 1.59. The van der Waals surface area contributed by atoms with E-state index in [9.17, 15) is 4.79 Å². The minimum atomic E-state index is -0.185. The maximum atomic E-state index is 12.6. The number of nitrogens with one attached hydrogen (secondary N) is 1. The van der Waals surface area contributed by atoms with Crippen molar-refractivity contribution in [2.45, 2.75) is 26.8 Å². The summed E-state index contributed by atoms with van der Waals surface area (Å²) in [5.74, 6) is 2.58. The third-order valence-electron chi connectivity index (χ3n) is 4.96. The van der Waals surface area contributed by atoms with Crippen LogP contribution < -0.4 is 19.8 Å². The van der Waals surface area contributed by atoms with Crippen molar-refractivity contribution in [2.75, 3.05) is 33.9 Å². The molecule has 1 N–H and O–H groups in total. The standard InChI is InChI=1S/C23H29N3O4/c1-5-26(10-7-11-30-17-9-6-8-16(2)12-17)15-22-24-19-14-21(29-4)20(28-3)13-18(19)23(27)25-22/h6,8-9,12-14H,5,7,10-11,15H2,1-4H3,(H,24,25,27). The number of aromatic amines is 1. The summed E-state index contributed by atoms with van der Waals surface area (Å²) < 4.78 is 16.4. The van der Waals surface area contributed by atoms with Gasteiger partial charge in [0, 0.05) is 12.6 Å². The average molecular weight is 412 g/mol. The number of hydrogen-bond donors (Lipinski definition) is 1. The largest absolute Gasteiger partial charge is 0.494 e. The zero-order valence-electron chi connectivity index (χ0n) is 18.0. The number of methoxy groups -OCH3 is 2. The lowest BCUT2D eigenvalue weighted by Gasteiger charge is -2.20. The summed E-state index contributed by atoms with van der Waals surface area (Å²) in [6.07, 6.45) is 0.880. The Morgan fingerprint density at radius 3 is 2.57 bits per heavy atom. The fourth-order valence-corrected chi connectivity index (χ4v) is 3.33. The van der Waals surface area contributed by atoms with Gasteiger partial charge >= 0.3 is 0 Å². The maximum absolute atomic E-state index is 12.6. The van der Waals surface area contributed by atoms with Crippen molar-refractivity contribution in [3.8, 4) is 17.2 Å². The lowest BCUT2D eigenvalue weighted by atomic mass is 10.2. The molecular weight excluding hydrogens is 382 g/mol. The van der Waals surface area contributed by atoms with E-state index < -0.39 is 0 Å². The smallest absolute Gasteiger partial charge is 0.258 e. The van der Waals surface area contributed by atoms with Crippen LogP contribution in [0.1, 0.15) is 24.7 Å². The molecule has 1 aromatic heterocycles. The summed E-state index contributed by atoms with van der Waals surface area (Å²) in [6.45, 7) is 7.02. The van der Waals surface area contributed by atoms with E-state index in [1.165, 1.54) is 5.56 Å². The number of ether oxygens (including phenoxy) is 3. The van der Waals surface area contributed by atoms with Crippen molar-refractivity contribution in [1.82, 2.24) is 14.9 Å². The highest BCUT2D eigenvalue weighted by Gasteiger charge is 2.12. The molecule has 0 fully saturated rings. The van der Waals surface area contributed by atoms with Gasteiger partial charge in [0.2, 0.25) is 0 Å². The van der Waals surface area contributed by atoms with Gasteiger partial charge in [-0.25, -0.2) is 4.98 Å². The third-order valence-corrected chi connectivity index (χ3v) is 4.96. The topological polar surface area (TPSA) is 76.7 Å². The van der Waals surface area contributed by atoms with Crippen LogP contribution >= 0.6 is 0 Å². The van der Waals surface area contributed by atoms with Crippen molar-refractivity contribution >= 4 is 10.9 Å². The van der Waals surface area contributed by atoms with Gasteiger partial charge in [0.1, 0.15) is 11.6 Å². The van der Waals surface area contributed by atoms with Gasteiger partial charge in [-0.3, -0.25) is 9.69 Å². The number of hydrogen-bond acceptors (Lipinski definition) is 6. The molecule has 7 heteroatoms. The summed E-state index contributed by atoms with van der Waals surface area (Å²) in [7, 11) is 3.11. The lowest BCUT2D eigenvalue weighted by molar-refractivity contribution is 0.232. The number of fused-ring (bicyclic) bond motifs is 1. The van der Waals surface area contributed by atoms with Gasteiger partial charge in [-0.2, -0.15) is 0 Å². The maximum Gasteiger partial charge on any atom is 0.258 e. The Hall–Kier alpha value is -3.06. The molecule has 0 unspecified atom stereocenters. The van der Waals surface area contributed by atoms with E-state index in [1.54, 1.807) is 26.4 Å². The number of benzene rings is 2. The molecule has 3 rings (SSSR count). The molecule has 30 heavy (non-hydrogen) atoms. The highest BCUT2D eigenvalue weighted by atomic mass is 16.5. The van der Waals surface area contributed by atoms with Crippen molar-refractivity contribution in [3.63, 3.8) is 0 Å². The fraction of sp³-hybridized carbons (Fsp3) is 0.391. The second-order valence-corrected chi connectivity index (χ2v) is 7.12. The average Bonchev–Trinajstić information content (AvgIpc) is 2.75. The van der Waals surface area contributed by atoms with E-state index in [-0.39, 0.29) is 5.56 Å². The molecule has 0 aliphatic carbocycles. The Kier molecular flexibility index (Phi) is 7.30. The van der Waals surface area contributed by atoms with Crippen LogP contribution in [-0.2, 0) is 6.54 Å². The highest BCUT2D eigenvalue weighted by Crippen LogP contribution is 2.29. The second kappa shape index (κ2) is 10.1. The van der Waals surface area contributed by atoms with Crippen molar-refractivity contribution < 1.29 is 14.2 Å². The summed E-state index contributed by atoms with van der Waals surface area (Å²) in [5, 5.41) is 0.478. The number of H-pyrrole nitrogens is 1. The molecule has 0 radical (unpaired) electrons. The lowest BCUT2D eigenvalue weighted by Crippen LogP contribution is -2.27. The zero-order valence-corrected chi connectivity index (χ0v) is 18.0. The molecule has 0 aliphatic heterocycles. The predicted octanol–water partition coefficient (Wildman–Crippen LogP) is 3.54. The Morgan fingerprint density at radius 1 is 1.10 bits per heavy atom. The quantitative estimate of drug-likeness (QED) is 0.514. The number of rotatable bonds is 10. The SMILES string of the molecule is CCN(CCCOc1cccc(C)c1)Cc1nc2cc(OC)c(OC)cc2c(=O)[nH]1. The summed E-state index contributed by atoms with van der Waals surface area (Å²) >= 11 is 0. The Morgan fingerprint density at radius 2 is 1.87 bits per heavy atom. The molecule has 160 valence electrons. The minimum absolute atomic E-state index is 0.185. The van der Waals surface area contributed by atoms with E-state index in [2.05, 4.69) is 34.8 Å². The van der Waals surface area contributed by atoms with Crippen LogP contribution in [0, 0.1) is 6.92 Å². The molecular formula is C23H29N3O4. The van der Waals surface area contributed by atoms with Gasteiger partial charge in [-0.1, -0.05) is 19.1 Å². The summed E-state index contributed by atoms with van der Waals surface area (Å²) in [4.78, 5) is 22.3. The van der Waals surface area contributed by atoms with Gasteiger partial charge in [0.15, 0.2) is 11.5 Å². The molecule has 0 spiro atoms. The van der Waals surface area contributed by atoms with Gasteiger partial charge in [0.25, 0.3) is 5.56 Å². The van der Waals surface area contributed by atoms with Gasteiger partial charge < -0.3 is 19.2 Å². The molecule has 0 aliphatic rings. The van der Waals surface area contributed by atoms with Crippen LogP contribution in [0.5, 0.6) is 17.2 Å². The Bertz CT molecular complexity index is 1050. The van der Waals surface area contributed by atoms with Crippen LogP contribution in [-0.4, -0.2) is 48.8 Å². The van der Waals surface area contributed by atoms with Crippen LogP contribution in [0.25, 0.3) is 10.9 Å². The first-order chi connectivity index (χ1) is 14.5. The molecule has 0 amide bonds. The number of aromatic nitrogens is 2. The normalized spacial score (nSPS) is 11.1. The molecule has 0 bridgehead atoms. The summed E-state index contributed by atoms with van der Waals surface area (Å²) in [6, 6.07) is 11.4.